The fourth-order valence-electron chi connectivity index (χ4n) is 1.74. The molecule has 0 bridgehead atoms. The lowest BCUT2D eigenvalue weighted by molar-refractivity contribution is 0.0697. The first-order valence-electron chi connectivity index (χ1n) is 6.64. The van der Waals surface area contributed by atoms with E-state index in [2.05, 4.69) is 6.92 Å². The monoisotopic (exact) mass is 266 g/mol. The third-order valence-corrected chi connectivity index (χ3v) is 3.98. The topological polar surface area (TPSA) is 37.3 Å². The van der Waals surface area contributed by atoms with Gasteiger partial charge in [0.2, 0.25) is 0 Å². The highest BCUT2D eigenvalue weighted by molar-refractivity contribution is 7.98. The van der Waals surface area contributed by atoms with Crippen LogP contribution in [0.2, 0.25) is 0 Å². The number of hydrogen-bond acceptors (Lipinski definition) is 2. The van der Waals surface area contributed by atoms with Crippen LogP contribution in [0.5, 0.6) is 0 Å². The molecular weight excluding hydrogens is 244 g/mol. The van der Waals surface area contributed by atoms with Gasteiger partial charge in [0, 0.05) is 5.75 Å². The lowest BCUT2D eigenvalue weighted by Gasteiger charge is -2.03. The molecule has 0 radical (unpaired) electrons. The van der Waals surface area contributed by atoms with Gasteiger partial charge in [-0.2, -0.15) is 11.8 Å². The Kier molecular flexibility index (Phi) is 7.58. The Balaban J connectivity index is 2.14. The van der Waals surface area contributed by atoms with Crippen LogP contribution in [0.4, 0.5) is 0 Å². The van der Waals surface area contributed by atoms with Gasteiger partial charge in [-0.1, -0.05) is 44.7 Å². The van der Waals surface area contributed by atoms with Gasteiger partial charge in [-0.15, -0.1) is 0 Å². The minimum Gasteiger partial charge on any atom is -0.478 e. The fraction of sp³-hybridized carbons (Fsp3) is 0.533. The van der Waals surface area contributed by atoms with Crippen molar-refractivity contribution in [3.8, 4) is 0 Å². The van der Waals surface area contributed by atoms with Crippen molar-refractivity contribution in [2.24, 2.45) is 0 Å². The molecule has 1 aromatic rings. The molecule has 18 heavy (non-hydrogen) atoms. The molecule has 0 fully saturated rings. The van der Waals surface area contributed by atoms with Crippen molar-refractivity contribution in [3.05, 3.63) is 35.4 Å². The zero-order chi connectivity index (χ0) is 13.2. The maximum absolute atomic E-state index is 10.7. The van der Waals surface area contributed by atoms with Crippen molar-refractivity contribution in [2.75, 3.05) is 5.75 Å². The summed E-state index contributed by atoms with van der Waals surface area (Å²) in [4.78, 5) is 10.7. The van der Waals surface area contributed by atoms with Gasteiger partial charge >= 0.3 is 5.97 Å². The minimum absolute atomic E-state index is 0.364. The van der Waals surface area contributed by atoms with E-state index in [-0.39, 0.29) is 0 Å². The molecule has 0 saturated heterocycles. The van der Waals surface area contributed by atoms with E-state index < -0.39 is 5.97 Å². The van der Waals surface area contributed by atoms with Crippen LogP contribution < -0.4 is 0 Å². The van der Waals surface area contributed by atoms with Crippen LogP contribution in [-0.2, 0) is 5.75 Å². The number of aromatic carboxylic acids is 1. The second kappa shape index (κ2) is 9.03. The largest absolute Gasteiger partial charge is 0.478 e. The Hall–Kier alpha value is -0.960. The summed E-state index contributed by atoms with van der Waals surface area (Å²) < 4.78 is 0. The molecule has 0 spiro atoms. The van der Waals surface area contributed by atoms with Crippen molar-refractivity contribution >= 4 is 17.7 Å². The molecule has 1 aromatic carbocycles. The average Bonchev–Trinajstić information content (AvgIpc) is 2.38. The molecule has 1 rings (SSSR count). The summed E-state index contributed by atoms with van der Waals surface area (Å²) in [6.07, 6.45) is 6.62. The number of unbranched alkanes of at least 4 members (excludes halogenated alkanes) is 4. The van der Waals surface area contributed by atoms with E-state index in [0.29, 0.717) is 5.56 Å². The molecule has 3 heteroatoms. The molecule has 0 aliphatic heterocycles. The second-order valence-electron chi connectivity index (χ2n) is 4.47. The minimum atomic E-state index is -0.856. The lowest BCUT2D eigenvalue weighted by atomic mass is 10.1. The Bertz CT molecular complexity index is 346. The second-order valence-corrected chi connectivity index (χ2v) is 5.57. The Morgan fingerprint density at radius 1 is 1.11 bits per heavy atom. The summed E-state index contributed by atoms with van der Waals surface area (Å²) in [5, 5.41) is 8.79. The highest BCUT2D eigenvalue weighted by Gasteiger charge is 2.01. The molecule has 0 aromatic heterocycles. The van der Waals surface area contributed by atoms with E-state index in [1.165, 1.54) is 43.4 Å². The number of hydrogen-bond donors (Lipinski definition) is 1. The Morgan fingerprint density at radius 2 is 1.78 bits per heavy atom. The van der Waals surface area contributed by atoms with Crippen molar-refractivity contribution in [3.63, 3.8) is 0 Å². The van der Waals surface area contributed by atoms with Crippen molar-refractivity contribution < 1.29 is 9.90 Å². The number of thioether (sulfide) groups is 1. The fourth-order valence-corrected chi connectivity index (χ4v) is 2.72. The molecular formula is C15H22O2S. The summed E-state index contributed by atoms with van der Waals surface area (Å²) in [7, 11) is 0. The normalized spacial score (nSPS) is 10.5. The molecule has 1 N–H and O–H groups in total. The summed E-state index contributed by atoms with van der Waals surface area (Å²) in [6.45, 7) is 2.23. The standard InChI is InChI=1S/C15H22O2S/c1-2-3-4-5-6-11-18-12-13-7-9-14(10-8-13)15(16)17/h7-10H,2-6,11-12H2,1H3,(H,16,17). The van der Waals surface area contributed by atoms with Crippen molar-refractivity contribution in [1.82, 2.24) is 0 Å². The molecule has 0 aliphatic carbocycles. The number of carboxylic acids is 1. The van der Waals surface area contributed by atoms with Gasteiger partial charge < -0.3 is 5.11 Å². The van der Waals surface area contributed by atoms with Crippen molar-refractivity contribution in [2.45, 2.75) is 44.8 Å². The number of carboxylic acid groups (broad SMARTS) is 1. The van der Waals surface area contributed by atoms with Gasteiger partial charge in [0.25, 0.3) is 0 Å². The smallest absolute Gasteiger partial charge is 0.335 e. The lowest BCUT2D eigenvalue weighted by Crippen LogP contribution is -1.95. The summed E-state index contributed by atoms with van der Waals surface area (Å²) in [6, 6.07) is 7.18. The molecule has 100 valence electrons. The Labute approximate surface area is 114 Å². The number of benzene rings is 1. The molecule has 0 saturated carbocycles. The van der Waals surface area contributed by atoms with E-state index in [1.807, 2.05) is 23.9 Å². The number of rotatable bonds is 9. The van der Waals surface area contributed by atoms with E-state index >= 15 is 0 Å². The molecule has 0 heterocycles. The quantitative estimate of drug-likeness (QED) is 0.664. The first-order chi connectivity index (χ1) is 8.74. The third-order valence-electron chi connectivity index (χ3n) is 2.86. The molecule has 0 atom stereocenters. The highest BCUT2D eigenvalue weighted by Crippen LogP contribution is 2.15. The first kappa shape index (κ1) is 15.1. The van der Waals surface area contributed by atoms with Crippen LogP contribution >= 0.6 is 11.8 Å². The Morgan fingerprint density at radius 3 is 2.39 bits per heavy atom. The predicted molar refractivity (Wildman–Crippen MR) is 78.3 cm³/mol. The van der Waals surface area contributed by atoms with Crippen LogP contribution in [0.1, 0.15) is 54.9 Å². The third kappa shape index (κ3) is 6.10. The van der Waals surface area contributed by atoms with Crippen LogP contribution in [0.15, 0.2) is 24.3 Å². The van der Waals surface area contributed by atoms with E-state index in [4.69, 9.17) is 5.11 Å². The summed E-state index contributed by atoms with van der Waals surface area (Å²) >= 11 is 1.93. The van der Waals surface area contributed by atoms with Gasteiger partial charge in [0.15, 0.2) is 0 Å². The van der Waals surface area contributed by atoms with Gasteiger partial charge in [0.1, 0.15) is 0 Å². The van der Waals surface area contributed by atoms with E-state index in [9.17, 15) is 4.79 Å². The highest BCUT2D eigenvalue weighted by atomic mass is 32.2. The van der Waals surface area contributed by atoms with Crippen LogP contribution in [0.25, 0.3) is 0 Å². The molecule has 0 unspecified atom stereocenters. The summed E-state index contributed by atoms with van der Waals surface area (Å²) in [5.74, 6) is 1.32. The zero-order valence-corrected chi connectivity index (χ0v) is 11.8. The van der Waals surface area contributed by atoms with E-state index in [1.54, 1.807) is 12.1 Å². The molecule has 0 aliphatic rings. The first-order valence-corrected chi connectivity index (χ1v) is 7.79. The van der Waals surface area contributed by atoms with E-state index in [0.717, 1.165) is 5.75 Å². The van der Waals surface area contributed by atoms with Gasteiger partial charge in [-0.05, 0) is 29.9 Å². The number of carbonyl (C=O) groups is 1. The van der Waals surface area contributed by atoms with Crippen LogP contribution in [0, 0.1) is 0 Å². The maximum Gasteiger partial charge on any atom is 0.335 e. The van der Waals surface area contributed by atoms with Gasteiger partial charge in [-0.25, -0.2) is 4.79 Å². The van der Waals surface area contributed by atoms with Crippen LogP contribution in [-0.4, -0.2) is 16.8 Å². The van der Waals surface area contributed by atoms with Gasteiger partial charge in [0.05, 0.1) is 5.56 Å². The maximum atomic E-state index is 10.7. The van der Waals surface area contributed by atoms with Gasteiger partial charge in [-0.3, -0.25) is 0 Å². The SMILES string of the molecule is CCCCCCCSCc1ccc(C(=O)O)cc1. The summed E-state index contributed by atoms with van der Waals surface area (Å²) in [5.41, 5.74) is 1.57. The zero-order valence-electron chi connectivity index (χ0n) is 11.0. The van der Waals surface area contributed by atoms with Crippen LogP contribution in [0.3, 0.4) is 0 Å². The predicted octanol–water partition coefficient (Wildman–Crippen LogP) is 4.59. The molecule has 0 amide bonds. The van der Waals surface area contributed by atoms with Crippen molar-refractivity contribution in [1.29, 1.82) is 0 Å². The average molecular weight is 266 g/mol. The molecule has 2 nitrogen and oxygen atoms in total.